The van der Waals surface area contributed by atoms with Crippen LogP contribution in [0.1, 0.15) is 43.2 Å². The molecule has 1 aliphatic carbocycles. The minimum atomic E-state index is -0.946. The summed E-state index contributed by atoms with van der Waals surface area (Å²) in [6, 6.07) is 16.1. The SMILES string of the molecule is CNC(=O)[C@@H](NC(=O)[C@@H]1CN(C(=O)c2n[nH]c3ccccc23)CC12CN(C(=O)[C@H]1CC1(C)C)C2)[C@@H](C)OCc1ccccc1. The highest BCUT2D eigenvalue weighted by Crippen LogP contribution is 2.54. The molecule has 1 saturated carbocycles. The summed E-state index contributed by atoms with van der Waals surface area (Å²) in [6.45, 7) is 7.45. The number of hydrogen-bond acceptors (Lipinski definition) is 6. The number of benzene rings is 2. The normalized spacial score (nSPS) is 22.7. The van der Waals surface area contributed by atoms with E-state index in [9.17, 15) is 19.2 Å². The van der Waals surface area contributed by atoms with Crippen LogP contribution in [0.4, 0.5) is 0 Å². The molecule has 2 aromatic carbocycles. The van der Waals surface area contributed by atoms with Crippen LogP contribution < -0.4 is 10.6 Å². The van der Waals surface area contributed by atoms with E-state index in [1.807, 2.05) is 59.5 Å². The third-order valence-electron chi connectivity index (χ3n) is 9.71. The van der Waals surface area contributed by atoms with Crippen molar-refractivity contribution < 1.29 is 23.9 Å². The van der Waals surface area contributed by atoms with Gasteiger partial charge in [-0.1, -0.05) is 62.4 Å². The largest absolute Gasteiger partial charge is 0.371 e. The molecule has 11 nitrogen and oxygen atoms in total. The molecule has 0 unspecified atom stereocenters. The molecule has 3 N–H and O–H groups in total. The van der Waals surface area contributed by atoms with E-state index in [1.165, 1.54) is 7.05 Å². The first-order chi connectivity index (χ1) is 21.0. The minimum absolute atomic E-state index is 0.00801. The van der Waals surface area contributed by atoms with E-state index in [0.29, 0.717) is 30.7 Å². The quantitative estimate of drug-likeness (QED) is 0.345. The zero-order valence-electron chi connectivity index (χ0n) is 25.6. The number of para-hydroxylation sites is 1. The van der Waals surface area contributed by atoms with Crippen LogP contribution in [0, 0.1) is 22.7 Å². The van der Waals surface area contributed by atoms with E-state index < -0.39 is 23.5 Å². The van der Waals surface area contributed by atoms with Gasteiger partial charge in [0.05, 0.1) is 24.1 Å². The molecule has 44 heavy (non-hydrogen) atoms. The average Bonchev–Trinajstić information content (AvgIpc) is 3.33. The molecule has 3 fully saturated rings. The van der Waals surface area contributed by atoms with Gasteiger partial charge in [0.15, 0.2) is 5.69 Å². The molecule has 0 radical (unpaired) electrons. The molecule has 232 valence electrons. The number of likely N-dealkylation sites (tertiary alicyclic amines) is 2. The Morgan fingerprint density at radius 2 is 1.66 bits per heavy atom. The van der Waals surface area contributed by atoms with E-state index in [1.54, 1.807) is 11.8 Å². The highest BCUT2D eigenvalue weighted by Gasteiger charge is 2.62. The number of aromatic amines is 1. The molecule has 3 aliphatic rings. The van der Waals surface area contributed by atoms with Gasteiger partial charge in [0.1, 0.15) is 6.04 Å². The summed E-state index contributed by atoms with van der Waals surface area (Å²) in [5, 5.41) is 13.5. The molecular formula is C33H40N6O5. The van der Waals surface area contributed by atoms with Crippen molar-refractivity contribution in [1.82, 2.24) is 30.6 Å². The fourth-order valence-electron chi connectivity index (χ4n) is 6.76. The number of H-pyrrole nitrogens is 1. The monoisotopic (exact) mass is 600 g/mol. The van der Waals surface area contributed by atoms with Gasteiger partial charge in [-0.05, 0) is 30.4 Å². The maximum absolute atomic E-state index is 14.0. The fourth-order valence-corrected chi connectivity index (χ4v) is 6.76. The third-order valence-corrected chi connectivity index (χ3v) is 9.71. The molecular weight excluding hydrogens is 560 g/mol. The van der Waals surface area contributed by atoms with Crippen molar-refractivity contribution in [2.75, 3.05) is 33.2 Å². The summed E-state index contributed by atoms with van der Waals surface area (Å²) < 4.78 is 6.01. The van der Waals surface area contributed by atoms with Gasteiger partial charge < -0.3 is 25.2 Å². The molecule has 3 heterocycles. The first kappa shape index (κ1) is 29.8. The van der Waals surface area contributed by atoms with Gasteiger partial charge in [-0.2, -0.15) is 5.10 Å². The van der Waals surface area contributed by atoms with E-state index in [0.717, 1.165) is 17.5 Å². The van der Waals surface area contributed by atoms with E-state index in [2.05, 4.69) is 34.7 Å². The number of hydrogen-bond donors (Lipinski definition) is 3. The number of fused-ring (bicyclic) bond motifs is 1. The number of likely N-dealkylation sites (N-methyl/N-ethyl adjacent to an activating group) is 1. The summed E-state index contributed by atoms with van der Waals surface area (Å²) in [6.07, 6.45) is 0.228. The van der Waals surface area contributed by atoms with Crippen molar-refractivity contribution in [2.24, 2.45) is 22.7 Å². The summed E-state index contributed by atoms with van der Waals surface area (Å²) >= 11 is 0. The van der Waals surface area contributed by atoms with Crippen molar-refractivity contribution >= 4 is 34.5 Å². The third kappa shape index (κ3) is 5.45. The molecule has 3 aromatic rings. The zero-order chi connectivity index (χ0) is 31.2. The van der Waals surface area contributed by atoms with Crippen molar-refractivity contribution in [3.8, 4) is 0 Å². The smallest absolute Gasteiger partial charge is 0.275 e. The second kappa shape index (κ2) is 11.4. The molecule has 6 rings (SSSR count). The van der Waals surface area contributed by atoms with Gasteiger partial charge in [-0.3, -0.25) is 24.3 Å². The summed E-state index contributed by atoms with van der Waals surface area (Å²) in [5.74, 6) is -1.51. The topological polar surface area (TPSA) is 137 Å². The summed E-state index contributed by atoms with van der Waals surface area (Å²) in [7, 11) is 1.52. The first-order valence-corrected chi connectivity index (χ1v) is 15.2. The number of amides is 4. The lowest BCUT2D eigenvalue weighted by atomic mass is 9.70. The second-order valence-electron chi connectivity index (χ2n) is 13.3. The van der Waals surface area contributed by atoms with Crippen LogP contribution in [-0.4, -0.2) is 89.0 Å². The van der Waals surface area contributed by atoms with Gasteiger partial charge in [0.25, 0.3) is 5.91 Å². The van der Waals surface area contributed by atoms with E-state index in [4.69, 9.17) is 4.74 Å². The van der Waals surface area contributed by atoms with Crippen LogP contribution in [0.15, 0.2) is 54.6 Å². The first-order valence-electron chi connectivity index (χ1n) is 15.2. The number of aromatic nitrogens is 2. The van der Waals surface area contributed by atoms with Gasteiger partial charge in [0.2, 0.25) is 17.7 Å². The molecule has 0 bridgehead atoms. The van der Waals surface area contributed by atoms with E-state index >= 15 is 0 Å². The zero-order valence-corrected chi connectivity index (χ0v) is 25.6. The van der Waals surface area contributed by atoms with Gasteiger partial charge in [-0.25, -0.2) is 0 Å². The van der Waals surface area contributed by atoms with Gasteiger partial charge in [0, 0.05) is 49.9 Å². The molecule has 4 atom stereocenters. The Balaban J connectivity index is 1.21. The average molecular weight is 601 g/mol. The lowest BCUT2D eigenvalue weighted by Gasteiger charge is -2.50. The van der Waals surface area contributed by atoms with Crippen LogP contribution in [-0.2, 0) is 25.7 Å². The Hall–Kier alpha value is -4.25. The Kier molecular flexibility index (Phi) is 7.69. The van der Waals surface area contributed by atoms with Crippen LogP contribution in [0.2, 0.25) is 0 Å². The lowest BCUT2D eigenvalue weighted by Crippen LogP contribution is -2.65. The van der Waals surface area contributed by atoms with E-state index in [-0.39, 0.29) is 48.1 Å². The maximum atomic E-state index is 14.0. The molecule has 1 spiro atoms. The highest BCUT2D eigenvalue weighted by molar-refractivity contribution is 6.05. The summed E-state index contributed by atoms with van der Waals surface area (Å²) in [5.41, 5.74) is 1.38. The molecule has 2 saturated heterocycles. The molecule has 2 aliphatic heterocycles. The van der Waals surface area contributed by atoms with Crippen molar-refractivity contribution in [1.29, 1.82) is 0 Å². The maximum Gasteiger partial charge on any atom is 0.275 e. The number of nitrogens with one attached hydrogen (secondary N) is 3. The molecule has 1 aromatic heterocycles. The lowest BCUT2D eigenvalue weighted by molar-refractivity contribution is -0.152. The number of ether oxygens (including phenoxy) is 1. The second-order valence-corrected chi connectivity index (χ2v) is 13.3. The van der Waals surface area contributed by atoms with Gasteiger partial charge in [-0.15, -0.1) is 0 Å². The van der Waals surface area contributed by atoms with Crippen molar-refractivity contribution in [3.63, 3.8) is 0 Å². The van der Waals surface area contributed by atoms with Crippen LogP contribution >= 0.6 is 0 Å². The molecule has 4 amide bonds. The molecule has 11 heteroatoms. The minimum Gasteiger partial charge on any atom is -0.371 e. The van der Waals surface area contributed by atoms with Crippen LogP contribution in [0.25, 0.3) is 10.9 Å². The van der Waals surface area contributed by atoms with Crippen molar-refractivity contribution in [2.45, 2.75) is 45.9 Å². The Morgan fingerprint density at radius 1 is 1.00 bits per heavy atom. The number of rotatable bonds is 9. The Bertz CT molecular complexity index is 1580. The fraction of sp³-hybridized carbons (Fsp3) is 0.485. The van der Waals surface area contributed by atoms with Crippen molar-refractivity contribution in [3.05, 3.63) is 65.9 Å². The predicted octanol–water partition coefficient (Wildman–Crippen LogP) is 2.35. The van der Waals surface area contributed by atoms with Crippen LogP contribution in [0.3, 0.4) is 0 Å². The number of carbonyl (C=O) groups is 4. The highest BCUT2D eigenvalue weighted by atomic mass is 16.5. The number of nitrogens with zero attached hydrogens (tertiary/aromatic N) is 3. The number of carbonyl (C=O) groups excluding carboxylic acids is 4. The Labute approximate surface area is 256 Å². The summed E-state index contributed by atoms with van der Waals surface area (Å²) in [4.78, 5) is 57.5. The van der Waals surface area contributed by atoms with Gasteiger partial charge >= 0.3 is 0 Å². The predicted molar refractivity (Wildman–Crippen MR) is 163 cm³/mol. The van der Waals surface area contributed by atoms with Crippen LogP contribution in [0.5, 0.6) is 0 Å². The Morgan fingerprint density at radius 3 is 2.34 bits per heavy atom. The standard InChI is InChI=1S/C33H40N6O5/c1-20(44-16-21-10-6-5-7-11-21)26(29(41)34-4)35-28(40)24-15-38(31(43)27-22-12-8-9-13-25(22)36-37-27)17-33(24)18-39(19-33)30(42)23-14-32(23,2)3/h5-13,20,23-24,26H,14-19H2,1-4H3,(H,34,41)(H,35,40)(H,36,37)/t20-,23-,24+,26+/m1/s1.